The van der Waals surface area contributed by atoms with E-state index in [4.69, 9.17) is 0 Å². The van der Waals surface area contributed by atoms with Crippen LogP contribution in [0.25, 0.3) is 0 Å². The highest BCUT2D eigenvalue weighted by atomic mass is 32.2. The number of benzene rings is 1. The Morgan fingerprint density at radius 1 is 1.04 bits per heavy atom. The first-order chi connectivity index (χ1) is 11.4. The third kappa shape index (κ3) is 3.43. The molecular formula is C15H18F3NO4S2. The number of hydrogen-bond donors (Lipinski definition) is 0. The zero-order valence-corrected chi connectivity index (χ0v) is 15.0. The Morgan fingerprint density at radius 3 is 2.08 bits per heavy atom. The molecule has 25 heavy (non-hydrogen) atoms. The Hall–Kier alpha value is -1.13. The van der Waals surface area contributed by atoms with Crippen LogP contribution in [0.5, 0.6) is 0 Å². The summed E-state index contributed by atoms with van der Waals surface area (Å²) in [4.78, 5) is -0.406. The molecule has 0 spiro atoms. The Bertz CT molecular complexity index is 866. The molecule has 3 rings (SSSR count). The van der Waals surface area contributed by atoms with Gasteiger partial charge in [-0.15, -0.1) is 0 Å². The molecule has 0 aromatic heterocycles. The molecule has 0 aliphatic carbocycles. The predicted octanol–water partition coefficient (Wildman–Crippen LogP) is 2.43. The lowest BCUT2D eigenvalue weighted by Crippen LogP contribution is -2.49. The third-order valence-corrected chi connectivity index (χ3v) is 8.56. The minimum Gasteiger partial charge on any atom is -0.229 e. The van der Waals surface area contributed by atoms with Gasteiger partial charge in [-0.05, 0) is 43.9 Å². The van der Waals surface area contributed by atoms with E-state index < -0.39 is 53.8 Å². The largest absolute Gasteiger partial charge is 0.416 e. The minimum absolute atomic E-state index is 0.188. The van der Waals surface area contributed by atoms with Crippen LogP contribution in [-0.2, 0) is 26.0 Å². The molecule has 140 valence electrons. The van der Waals surface area contributed by atoms with E-state index in [0.29, 0.717) is 18.9 Å². The van der Waals surface area contributed by atoms with Crippen LogP contribution in [-0.4, -0.2) is 44.7 Å². The van der Waals surface area contributed by atoms with E-state index >= 15 is 0 Å². The lowest BCUT2D eigenvalue weighted by atomic mass is 10.1. The van der Waals surface area contributed by atoms with Gasteiger partial charge in [0.2, 0.25) is 10.0 Å². The van der Waals surface area contributed by atoms with E-state index in [1.54, 1.807) is 0 Å². The summed E-state index contributed by atoms with van der Waals surface area (Å²) in [5.41, 5.74) is -1.02. The summed E-state index contributed by atoms with van der Waals surface area (Å²) in [5.74, 6) is 0. The standard InChI is InChI=1S/C15H18F3NO4S2/c1-24(20,21)14-8-11-5-6-12(9-14)19(11)25(22,23)13-4-2-3-10(7-13)15(16,17)18/h2-4,7,11-12,14H,5-6,8-9H2,1H3. The van der Waals surface area contributed by atoms with Crippen molar-refractivity contribution >= 4 is 19.9 Å². The van der Waals surface area contributed by atoms with Crippen LogP contribution in [0.3, 0.4) is 0 Å². The van der Waals surface area contributed by atoms with Gasteiger partial charge >= 0.3 is 6.18 Å². The normalized spacial score (nSPS) is 28.2. The first-order valence-corrected chi connectivity index (χ1v) is 11.2. The number of rotatable bonds is 3. The minimum atomic E-state index is -4.63. The van der Waals surface area contributed by atoms with Crippen LogP contribution in [0.4, 0.5) is 13.2 Å². The molecule has 2 fully saturated rings. The van der Waals surface area contributed by atoms with E-state index in [1.165, 1.54) is 4.31 Å². The first kappa shape index (κ1) is 18.7. The summed E-state index contributed by atoms with van der Waals surface area (Å²) in [6.07, 6.45) is -2.08. The van der Waals surface area contributed by atoms with Crippen molar-refractivity contribution in [2.45, 2.75) is 54.1 Å². The Morgan fingerprint density at radius 2 is 1.60 bits per heavy atom. The van der Waals surface area contributed by atoms with Crippen molar-refractivity contribution in [1.29, 1.82) is 0 Å². The fourth-order valence-corrected chi connectivity index (χ4v) is 6.86. The smallest absolute Gasteiger partial charge is 0.229 e. The van der Waals surface area contributed by atoms with Gasteiger partial charge in [0, 0.05) is 18.3 Å². The quantitative estimate of drug-likeness (QED) is 0.785. The molecule has 2 aliphatic rings. The number of halogens is 3. The third-order valence-electron chi connectivity index (χ3n) is 4.97. The molecule has 5 nitrogen and oxygen atoms in total. The molecule has 2 unspecified atom stereocenters. The van der Waals surface area contributed by atoms with Crippen molar-refractivity contribution in [3.8, 4) is 0 Å². The number of sulfone groups is 1. The molecule has 2 aliphatic heterocycles. The second-order valence-electron chi connectivity index (χ2n) is 6.67. The van der Waals surface area contributed by atoms with Crippen LogP contribution >= 0.6 is 0 Å². The summed E-state index contributed by atoms with van der Waals surface area (Å²) in [7, 11) is -7.39. The van der Waals surface area contributed by atoms with Crippen molar-refractivity contribution in [2.24, 2.45) is 0 Å². The predicted molar refractivity (Wildman–Crippen MR) is 85.1 cm³/mol. The fourth-order valence-electron chi connectivity index (χ4n) is 3.78. The first-order valence-electron chi connectivity index (χ1n) is 7.80. The molecule has 2 atom stereocenters. The summed E-state index contributed by atoms with van der Waals surface area (Å²) in [6.45, 7) is 0. The van der Waals surface area contributed by atoms with Crippen LogP contribution < -0.4 is 0 Å². The van der Waals surface area contributed by atoms with Crippen molar-refractivity contribution in [3.05, 3.63) is 29.8 Å². The maximum Gasteiger partial charge on any atom is 0.416 e. The summed E-state index contributed by atoms with van der Waals surface area (Å²) in [5, 5.41) is -0.599. The highest BCUT2D eigenvalue weighted by molar-refractivity contribution is 7.91. The maximum absolute atomic E-state index is 12.9. The molecule has 0 saturated carbocycles. The molecule has 1 aromatic rings. The van der Waals surface area contributed by atoms with Crippen molar-refractivity contribution in [1.82, 2.24) is 4.31 Å². The number of hydrogen-bond acceptors (Lipinski definition) is 4. The highest BCUT2D eigenvalue weighted by Crippen LogP contribution is 2.42. The van der Waals surface area contributed by atoms with E-state index in [0.717, 1.165) is 24.5 Å². The number of sulfonamides is 1. The van der Waals surface area contributed by atoms with Crippen LogP contribution in [0, 0.1) is 0 Å². The summed E-state index contributed by atoms with van der Waals surface area (Å²) < 4.78 is 89.2. The van der Waals surface area contributed by atoms with Gasteiger partial charge in [-0.3, -0.25) is 0 Å². The van der Waals surface area contributed by atoms with Crippen molar-refractivity contribution < 1.29 is 30.0 Å². The molecular weight excluding hydrogens is 379 g/mol. The van der Waals surface area contributed by atoms with Gasteiger partial charge in [0.05, 0.1) is 15.7 Å². The fraction of sp³-hybridized carbons (Fsp3) is 0.600. The average molecular weight is 397 g/mol. The maximum atomic E-state index is 12.9. The number of nitrogens with zero attached hydrogens (tertiary/aromatic N) is 1. The molecule has 0 amide bonds. The lowest BCUT2D eigenvalue weighted by molar-refractivity contribution is -0.137. The highest BCUT2D eigenvalue weighted by Gasteiger charge is 2.49. The van der Waals surface area contributed by atoms with Gasteiger partial charge < -0.3 is 0 Å². The van der Waals surface area contributed by atoms with Gasteiger partial charge in [-0.1, -0.05) is 6.07 Å². The van der Waals surface area contributed by atoms with Gasteiger partial charge in [-0.2, -0.15) is 17.5 Å². The average Bonchev–Trinajstić information content (AvgIpc) is 2.77. The van der Waals surface area contributed by atoms with Gasteiger partial charge in [-0.25, -0.2) is 16.8 Å². The van der Waals surface area contributed by atoms with E-state index in [-0.39, 0.29) is 12.8 Å². The SMILES string of the molecule is CS(=O)(=O)C1CC2CCC(C1)N2S(=O)(=O)c1cccc(C(F)(F)F)c1. The van der Waals surface area contributed by atoms with E-state index in [2.05, 4.69) is 0 Å². The molecule has 2 saturated heterocycles. The van der Waals surface area contributed by atoms with E-state index in [1.807, 2.05) is 0 Å². The number of fused-ring (bicyclic) bond motifs is 2. The van der Waals surface area contributed by atoms with Crippen LogP contribution in [0.2, 0.25) is 0 Å². The summed E-state index contributed by atoms with van der Waals surface area (Å²) in [6, 6.07) is 2.70. The second kappa shape index (κ2) is 5.95. The van der Waals surface area contributed by atoms with Crippen LogP contribution in [0.1, 0.15) is 31.2 Å². The number of alkyl halides is 3. The van der Waals surface area contributed by atoms with Gasteiger partial charge in [0.15, 0.2) is 0 Å². The monoisotopic (exact) mass is 397 g/mol. The Balaban J connectivity index is 1.95. The molecule has 2 heterocycles. The zero-order chi connectivity index (χ0) is 18.6. The van der Waals surface area contributed by atoms with Gasteiger partial charge in [0.1, 0.15) is 9.84 Å². The topological polar surface area (TPSA) is 71.5 Å². The van der Waals surface area contributed by atoms with Gasteiger partial charge in [0.25, 0.3) is 0 Å². The summed E-state index contributed by atoms with van der Waals surface area (Å²) >= 11 is 0. The van der Waals surface area contributed by atoms with E-state index in [9.17, 15) is 30.0 Å². The van der Waals surface area contributed by atoms with Crippen LogP contribution in [0.15, 0.2) is 29.2 Å². The zero-order valence-electron chi connectivity index (χ0n) is 13.4. The molecule has 1 aromatic carbocycles. The lowest BCUT2D eigenvalue weighted by Gasteiger charge is -2.37. The Kier molecular flexibility index (Phi) is 4.44. The Labute approximate surface area is 144 Å². The second-order valence-corrected chi connectivity index (χ2v) is 10.8. The molecule has 2 bridgehead atoms. The molecule has 10 heteroatoms. The van der Waals surface area contributed by atoms with Crippen molar-refractivity contribution in [3.63, 3.8) is 0 Å². The molecule has 0 N–H and O–H groups in total. The van der Waals surface area contributed by atoms with Crippen molar-refractivity contribution in [2.75, 3.05) is 6.26 Å². The molecule has 0 radical (unpaired) electrons. The number of piperidine rings is 1.